The van der Waals surface area contributed by atoms with E-state index in [0.29, 0.717) is 18.1 Å². The summed E-state index contributed by atoms with van der Waals surface area (Å²) in [5.41, 5.74) is 0.903. The van der Waals surface area contributed by atoms with E-state index in [1.165, 1.54) is 0 Å². The summed E-state index contributed by atoms with van der Waals surface area (Å²) in [6, 6.07) is 5.29. The largest absolute Gasteiger partial charge is 0.496 e. The monoisotopic (exact) mass is 244 g/mol. The van der Waals surface area contributed by atoms with E-state index in [-0.39, 0.29) is 6.61 Å². The zero-order valence-corrected chi connectivity index (χ0v) is 9.66. The lowest BCUT2D eigenvalue weighted by molar-refractivity contribution is -0.142. The van der Waals surface area contributed by atoms with E-state index < -0.39 is 5.97 Å². The number of rotatable bonds is 6. The molecule has 0 saturated carbocycles. The van der Waals surface area contributed by atoms with Crippen LogP contribution in [0.25, 0.3) is 0 Å². The molecule has 0 aliphatic heterocycles. The maximum Gasteiger partial charge on any atom is 0.329 e. The fraction of sp³-hybridized carbons (Fsp3) is 0.364. The molecule has 1 rings (SSSR count). The smallest absolute Gasteiger partial charge is 0.329 e. The molecule has 1 aromatic carbocycles. The van der Waals surface area contributed by atoms with Crippen LogP contribution in [0.15, 0.2) is 18.2 Å². The third-order valence-electron chi connectivity index (χ3n) is 1.98. The van der Waals surface area contributed by atoms with Crippen LogP contribution in [0.3, 0.4) is 0 Å². The van der Waals surface area contributed by atoms with Crippen LogP contribution >= 0.6 is 11.6 Å². The van der Waals surface area contributed by atoms with E-state index in [4.69, 9.17) is 26.2 Å². The summed E-state index contributed by atoms with van der Waals surface area (Å²) in [4.78, 5) is 10.2. The molecule has 0 aliphatic rings. The molecule has 88 valence electrons. The third-order valence-corrected chi connectivity index (χ3v) is 2.22. The molecule has 0 amide bonds. The van der Waals surface area contributed by atoms with Gasteiger partial charge in [0.25, 0.3) is 0 Å². The van der Waals surface area contributed by atoms with Crippen LogP contribution in [-0.2, 0) is 16.0 Å². The number of hydrogen-bond donors (Lipinski definition) is 1. The van der Waals surface area contributed by atoms with Gasteiger partial charge in [-0.2, -0.15) is 0 Å². The van der Waals surface area contributed by atoms with Crippen LogP contribution in [0.1, 0.15) is 5.56 Å². The lowest BCUT2D eigenvalue weighted by Gasteiger charge is -2.08. The minimum Gasteiger partial charge on any atom is -0.496 e. The zero-order valence-electron chi connectivity index (χ0n) is 8.90. The van der Waals surface area contributed by atoms with Gasteiger partial charge in [-0.05, 0) is 30.2 Å². The summed E-state index contributed by atoms with van der Waals surface area (Å²) in [6.07, 6.45) is 0.566. The highest BCUT2D eigenvalue weighted by atomic mass is 35.5. The maximum atomic E-state index is 10.2. The minimum absolute atomic E-state index is 0.289. The predicted octanol–water partition coefficient (Wildman–Crippen LogP) is 1.99. The Bertz CT molecular complexity index is 365. The molecule has 16 heavy (non-hydrogen) atoms. The summed E-state index contributed by atoms with van der Waals surface area (Å²) in [6.45, 7) is 0.0336. The number of carboxylic acid groups (broad SMARTS) is 1. The van der Waals surface area contributed by atoms with Crippen molar-refractivity contribution >= 4 is 17.6 Å². The SMILES string of the molecule is COc1ccc(Cl)cc1CCOCC(=O)O. The van der Waals surface area contributed by atoms with Crippen LogP contribution in [0.2, 0.25) is 5.02 Å². The number of benzene rings is 1. The molecule has 0 saturated heterocycles. The fourth-order valence-electron chi connectivity index (χ4n) is 1.28. The van der Waals surface area contributed by atoms with Gasteiger partial charge < -0.3 is 14.6 Å². The molecule has 1 N–H and O–H groups in total. The second-order valence-corrected chi connectivity index (χ2v) is 3.59. The lowest BCUT2D eigenvalue weighted by Crippen LogP contribution is -2.09. The predicted molar refractivity (Wildman–Crippen MR) is 60.2 cm³/mol. The molecule has 5 heteroatoms. The highest BCUT2D eigenvalue weighted by molar-refractivity contribution is 6.30. The Hall–Kier alpha value is -1.26. The van der Waals surface area contributed by atoms with Crippen molar-refractivity contribution in [3.05, 3.63) is 28.8 Å². The van der Waals surface area contributed by atoms with Gasteiger partial charge in [-0.3, -0.25) is 0 Å². The van der Waals surface area contributed by atoms with Crippen molar-refractivity contribution in [3.8, 4) is 5.75 Å². The van der Waals surface area contributed by atoms with Gasteiger partial charge in [0, 0.05) is 5.02 Å². The van der Waals surface area contributed by atoms with Gasteiger partial charge in [0.05, 0.1) is 13.7 Å². The molecule has 0 atom stereocenters. The highest BCUT2D eigenvalue weighted by Crippen LogP contribution is 2.22. The summed E-state index contributed by atoms with van der Waals surface area (Å²) in [7, 11) is 1.57. The lowest BCUT2D eigenvalue weighted by atomic mass is 10.1. The first-order valence-electron chi connectivity index (χ1n) is 4.75. The normalized spacial score (nSPS) is 10.1. The van der Waals surface area contributed by atoms with Gasteiger partial charge in [-0.15, -0.1) is 0 Å². The van der Waals surface area contributed by atoms with Crippen molar-refractivity contribution in [3.63, 3.8) is 0 Å². The van der Waals surface area contributed by atoms with Crippen LogP contribution in [0.4, 0.5) is 0 Å². The van der Waals surface area contributed by atoms with Crippen molar-refractivity contribution in [1.29, 1.82) is 0 Å². The van der Waals surface area contributed by atoms with Crippen molar-refractivity contribution in [2.24, 2.45) is 0 Å². The van der Waals surface area contributed by atoms with Gasteiger partial charge in [0.15, 0.2) is 0 Å². The average molecular weight is 245 g/mol. The van der Waals surface area contributed by atoms with Gasteiger partial charge in [0.1, 0.15) is 12.4 Å². The van der Waals surface area contributed by atoms with Crippen molar-refractivity contribution < 1.29 is 19.4 Å². The number of ether oxygens (including phenoxy) is 2. The Morgan fingerprint density at radius 2 is 2.25 bits per heavy atom. The Kier molecular flexibility index (Phi) is 5.08. The Balaban J connectivity index is 2.51. The molecule has 0 radical (unpaired) electrons. The quantitative estimate of drug-likeness (QED) is 0.778. The van der Waals surface area contributed by atoms with Crippen molar-refractivity contribution in [1.82, 2.24) is 0 Å². The highest BCUT2D eigenvalue weighted by Gasteiger charge is 2.04. The number of aliphatic carboxylic acids is 1. The van der Waals surface area contributed by atoms with E-state index >= 15 is 0 Å². The number of carbonyl (C=O) groups is 1. The Morgan fingerprint density at radius 3 is 2.88 bits per heavy atom. The minimum atomic E-state index is -0.974. The average Bonchev–Trinajstić information content (AvgIpc) is 2.24. The molecule has 1 aromatic rings. The van der Waals surface area contributed by atoms with Crippen molar-refractivity contribution in [2.45, 2.75) is 6.42 Å². The topological polar surface area (TPSA) is 55.8 Å². The Morgan fingerprint density at radius 1 is 1.50 bits per heavy atom. The second-order valence-electron chi connectivity index (χ2n) is 3.15. The van der Waals surface area contributed by atoms with Crippen LogP contribution in [0.5, 0.6) is 5.75 Å². The first kappa shape index (κ1) is 12.8. The van der Waals surface area contributed by atoms with E-state index in [9.17, 15) is 4.79 Å². The van der Waals surface area contributed by atoms with Gasteiger partial charge in [-0.25, -0.2) is 4.79 Å². The number of methoxy groups -OCH3 is 1. The summed E-state index contributed by atoms with van der Waals surface area (Å²) >= 11 is 5.85. The summed E-state index contributed by atoms with van der Waals surface area (Å²) in [5, 5.41) is 9.00. The summed E-state index contributed by atoms with van der Waals surface area (Å²) in [5.74, 6) is -0.249. The molecular formula is C11H13ClO4. The number of hydrogen-bond acceptors (Lipinski definition) is 3. The first-order chi connectivity index (χ1) is 7.63. The molecule has 4 nitrogen and oxygen atoms in total. The molecule has 0 aromatic heterocycles. The van der Waals surface area contributed by atoms with Gasteiger partial charge in [-0.1, -0.05) is 11.6 Å². The van der Waals surface area contributed by atoms with E-state index in [1.807, 2.05) is 0 Å². The first-order valence-corrected chi connectivity index (χ1v) is 5.13. The third kappa shape index (κ3) is 4.08. The van der Waals surface area contributed by atoms with Crippen LogP contribution in [-0.4, -0.2) is 31.4 Å². The molecule has 0 aliphatic carbocycles. The van der Waals surface area contributed by atoms with Crippen LogP contribution in [0, 0.1) is 0 Å². The number of carboxylic acids is 1. The summed E-state index contributed by atoms with van der Waals surface area (Å²) < 4.78 is 10.1. The molecular weight excluding hydrogens is 232 g/mol. The van der Waals surface area contributed by atoms with E-state index in [1.54, 1.807) is 25.3 Å². The standard InChI is InChI=1S/C11H13ClO4/c1-15-10-3-2-9(12)6-8(10)4-5-16-7-11(13)14/h2-3,6H,4-5,7H2,1H3,(H,13,14). The van der Waals surface area contributed by atoms with E-state index in [0.717, 1.165) is 11.3 Å². The van der Waals surface area contributed by atoms with Crippen LogP contribution < -0.4 is 4.74 Å². The molecule has 0 spiro atoms. The van der Waals surface area contributed by atoms with E-state index in [2.05, 4.69) is 0 Å². The Labute approximate surface area is 98.7 Å². The fourth-order valence-corrected chi connectivity index (χ4v) is 1.48. The second kappa shape index (κ2) is 6.35. The molecule has 0 bridgehead atoms. The molecule has 0 unspecified atom stereocenters. The zero-order chi connectivity index (χ0) is 12.0. The van der Waals surface area contributed by atoms with Gasteiger partial charge in [0.2, 0.25) is 0 Å². The molecule has 0 heterocycles. The van der Waals surface area contributed by atoms with Gasteiger partial charge >= 0.3 is 5.97 Å². The molecule has 0 fully saturated rings. The maximum absolute atomic E-state index is 10.2. The number of halogens is 1. The van der Waals surface area contributed by atoms with Crippen molar-refractivity contribution in [2.75, 3.05) is 20.3 Å².